The van der Waals surface area contributed by atoms with Crippen LogP contribution in [0.2, 0.25) is 0 Å². The minimum absolute atomic E-state index is 0.406. The van der Waals surface area contributed by atoms with Crippen molar-refractivity contribution < 1.29 is 13.2 Å². The molecule has 1 N–H and O–H groups in total. The fourth-order valence-electron chi connectivity index (χ4n) is 2.29. The van der Waals surface area contributed by atoms with E-state index in [2.05, 4.69) is 5.43 Å². The van der Waals surface area contributed by atoms with Crippen LogP contribution < -0.4 is 10.4 Å². The van der Waals surface area contributed by atoms with E-state index in [1.165, 1.54) is 5.01 Å². The molecule has 0 fully saturated rings. The molecular formula is C18H15F3N2. The van der Waals surface area contributed by atoms with Crippen LogP contribution in [0.3, 0.4) is 0 Å². The fourth-order valence-corrected chi connectivity index (χ4v) is 2.29. The third kappa shape index (κ3) is 3.39. The highest BCUT2D eigenvalue weighted by atomic mass is 19.4. The Kier molecular flexibility index (Phi) is 3.86. The molecule has 0 aliphatic carbocycles. The number of rotatable bonds is 2. The minimum atomic E-state index is -4.41. The number of benzene rings is 2. The van der Waals surface area contributed by atoms with E-state index >= 15 is 0 Å². The summed E-state index contributed by atoms with van der Waals surface area (Å²) in [6.45, 7) is 1.93. The number of halogens is 3. The molecule has 0 aromatic heterocycles. The van der Waals surface area contributed by atoms with Gasteiger partial charge in [0.25, 0.3) is 0 Å². The first-order chi connectivity index (χ1) is 10.9. The van der Waals surface area contributed by atoms with Gasteiger partial charge in [0.05, 0.1) is 17.0 Å². The Morgan fingerprint density at radius 1 is 0.913 bits per heavy atom. The molecule has 0 saturated heterocycles. The van der Waals surface area contributed by atoms with Gasteiger partial charge in [-0.05, 0) is 30.7 Å². The summed E-state index contributed by atoms with van der Waals surface area (Å²) >= 11 is 0. The highest BCUT2D eigenvalue weighted by molar-refractivity contribution is 5.72. The number of anilines is 1. The Morgan fingerprint density at radius 2 is 1.57 bits per heavy atom. The quantitative estimate of drug-likeness (QED) is 0.855. The molecule has 3 rings (SSSR count). The predicted octanol–water partition coefficient (Wildman–Crippen LogP) is 4.81. The van der Waals surface area contributed by atoms with Crippen molar-refractivity contribution in [1.82, 2.24) is 5.43 Å². The van der Waals surface area contributed by atoms with Gasteiger partial charge in [-0.2, -0.15) is 13.2 Å². The lowest BCUT2D eigenvalue weighted by molar-refractivity contribution is -0.0885. The van der Waals surface area contributed by atoms with Crippen molar-refractivity contribution >= 4 is 11.4 Å². The molecule has 2 aromatic rings. The van der Waals surface area contributed by atoms with E-state index in [9.17, 15) is 13.2 Å². The lowest BCUT2D eigenvalue weighted by Crippen LogP contribution is -2.36. The zero-order chi connectivity index (χ0) is 16.4. The molecule has 1 aliphatic rings. The standard InChI is InChI=1S/C18H15F3N2/c1-13-7-9-14(10-8-13)17-11-15(18(19,20)21)12-23(22-17)16-5-3-2-4-6-16/h2-12,22H,1H3. The van der Waals surface area contributed by atoms with Crippen LogP contribution in [0, 0.1) is 6.92 Å². The number of hydrogen-bond donors (Lipinski definition) is 1. The normalized spacial score (nSPS) is 14.9. The third-order valence-corrected chi connectivity index (χ3v) is 3.53. The van der Waals surface area contributed by atoms with E-state index in [1.807, 2.05) is 25.1 Å². The van der Waals surface area contributed by atoms with Gasteiger partial charge in [0.2, 0.25) is 0 Å². The molecule has 2 aromatic carbocycles. The van der Waals surface area contributed by atoms with E-state index in [0.717, 1.165) is 17.8 Å². The van der Waals surface area contributed by atoms with Gasteiger partial charge in [-0.1, -0.05) is 48.0 Å². The Balaban J connectivity index is 2.02. The van der Waals surface area contributed by atoms with Crippen LogP contribution in [0.5, 0.6) is 0 Å². The summed E-state index contributed by atoms with van der Waals surface area (Å²) in [6.07, 6.45) is -2.22. The van der Waals surface area contributed by atoms with Gasteiger partial charge in [-0.3, -0.25) is 10.4 Å². The number of alkyl halides is 3. The Morgan fingerprint density at radius 3 is 2.17 bits per heavy atom. The first-order valence-corrected chi connectivity index (χ1v) is 7.12. The summed E-state index contributed by atoms with van der Waals surface area (Å²) in [6, 6.07) is 16.2. The second-order valence-corrected chi connectivity index (χ2v) is 5.32. The maximum absolute atomic E-state index is 13.2. The van der Waals surface area contributed by atoms with Gasteiger partial charge in [0.15, 0.2) is 0 Å². The van der Waals surface area contributed by atoms with Crippen molar-refractivity contribution in [2.75, 3.05) is 5.01 Å². The predicted molar refractivity (Wildman–Crippen MR) is 85.4 cm³/mol. The molecule has 0 bridgehead atoms. The van der Waals surface area contributed by atoms with E-state index in [1.54, 1.807) is 36.4 Å². The van der Waals surface area contributed by atoms with Crippen LogP contribution in [0.4, 0.5) is 18.9 Å². The summed E-state index contributed by atoms with van der Waals surface area (Å²) in [5, 5.41) is 1.39. The zero-order valence-electron chi connectivity index (χ0n) is 12.4. The molecule has 0 saturated carbocycles. The molecule has 0 spiro atoms. The molecule has 1 heterocycles. The van der Waals surface area contributed by atoms with Crippen molar-refractivity contribution in [3.05, 3.63) is 83.6 Å². The molecule has 1 aliphatic heterocycles. The summed E-state index contributed by atoms with van der Waals surface area (Å²) in [7, 11) is 0. The van der Waals surface area contributed by atoms with Gasteiger partial charge in [-0.25, -0.2) is 0 Å². The van der Waals surface area contributed by atoms with E-state index in [-0.39, 0.29) is 0 Å². The molecule has 0 atom stereocenters. The van der Waals surface area contributed by atoms with Gasteiger partial charge in [-0.15, -0.1) is 0 Å². The van der Waals surface area contributed by atoms with Crippen LogP contribution in [0.25, 0.3) is 5.70 Å². The average Bonchev–Trinajstić information content (AvgIpc) is 2.55. The Bertz CT molecular complexity index is 744. The van der Waals surface area contributed by atoms with Crippen LogP contribution in [-0.4, -0.2) is 6.18 Å². The second-order valence-electron chi connectivity index (χ2n) is 5.32. The first kappa shape index (κ1) is 15.2. The van der Waals surface area contributed by atoms with Crippen LogP contribution >= 0.6 is 0 Å². The maximum atomic E-state index is 13.2. The number of hydrogen-bond acceptors (Lipinski definition) is 2. The molecule has 2 nitrogen and oxygen atoms in total. The van der Waals surface area contributed by atoms with Crippen molar-refractivity contribution in [3.63, 3.8) is 0 Å². The van der Waals surface area contributed by atoms with Crippen molar-refractivity contribution in [3.8, 4) is 0 Å². The lowest BCUT2D eigenvalue weighted by Gasteiger charge is -2.30. The Hall–Kier alpha value is -2.69. The number of hydrazine groups is 1. The lowest BCUT2D eigenvalue weighted by atomic mass is 10.1. The van der Waals surface area contributed by atoms with Gasteiger partial charge >= 0.3 is 6.18 Å². The highest BCUT2D eigenvalue weighted by Gasteiger charge is 2.35. The smallest absolute Gasteiger partial charge is 0.294 e. The molecule has 5 heteroatoms. The number of nitrogens with zero attached hydrogens (tertiary/aromatic N) is 1. The third-order valence-electron chi connectivity index (χ3n) is 3.53. The second kappa shape index (κ2) is 5.83. The molecule has 23 heavy (non-hydrogen) atoms. The molecule has 0 amide bonds. The van der Waals surface area contributed by atoms with Crippen molar-refractivity contribution in [2.24, 2.45) is 0 Å². The first-order valence-electron chi connectivity index (χ1n) is 7.12. The molecule has 0 unspecified atom stereocenters. The molecule has 118 valence electrons. The van der Waals surface area contributed by atoms with Gasteiger partial charge in [0, 0.05) is 6.20 Å². The van der Waals surface area contributed by atoms with Crippen LogP contribution in [0.1, 0.15) is 11.1 Å². The van der Waals surface area contributed by atoms with Crippen LogP contribution in [-0.2, 0) is 0 Å². The summed E-state index contributed by atoms with van der Waals surface area (Å²) in [5.41, 5.74) is 5.12. The number of allylic oxidation sites excluding steroid dienone is 2. The number of aryl methyl sites for hydroxylation is 1. The molecular weight excluding hydrogens is 301 g/mol. The SMILES string of the molecule is Cc1ccc(C2=CC(C(F)(F)F)=CN(c3ccccc3)N2)cc1. The van der Waals surface area contributed by atoms with E-state index < -0.39 is 11.7 Å². The zero-order valence-corrected chi connectivity index (χ0v) is 12.4. The Labute approximate surface area is 132 Å². The van der Waals surface area contributed by atoms with Crippen LogP contribution in [0.15, 0.2) is 72.4 Å². The molecule has 0 radical (unpaired) electrons. The van der Waals surface area contributed by atoms with Crippen molar-refractivity contribution in [2.45, 2.75) is 13.1 Å². The summed E-state index contributed by atoms with van der Waals surface area (Å²) < 4.78 is 39.6. The average molecular weight is 316 g/mol. The maximum Gasteiger partial charge on any atom is 0.417 e. The highest BCUT2D eigenvalue weighted by Crippen LogP contribution is 2.33. The van der Waals surface area contributed by atoms with E-state index in [0.29, 0.717) is 16.9 Å². The van der Waals surface area contributed by atoms with Gasteiger partial charge < -0.3 is 0 Å². The van der Waals surface area contributed by atoms with Crippen molar-refractivity contribution in [1.29, 1.82) is 0 Å². The van der Waals surface area contributed by atoms with E-state index in [4.69, 9.17) is 0 Å². The number of nitrogens with one attached hydrogen (secondary N) is 1. The topological polar surface area (TPSA) is 15.3 Å². The summed E-state index contributed by atoms with van der Waals surface area (Å²) in [4.78, 5) is 0. The fraction of sp³-hybridized carbons (Fsp3) is 0.111. The number of para-hydroxylation sites is 1. The monoisotopic (exact) mass is 316 g/mol. The minimum Gasteiger partial charge on any atom is -0.294 e. The summed E-state index contributed by atoms with van der Waals surface area (Å²) in [5.74, 6) is 0. The largest absolute Gasteiger partial charge is 0.417 e. The van der Waals surface area contributed by atoms with Gasteiger partial charge in [0.1, 0.15) is 0 Å².